The lowest BCUT2D eigenvalue weighted by molar-refractivity contribution is 0.154. The minimum Gasteiger partial charge on any atom is -0.449 e. The van der Waals surface area contributed by atoms with Crippen molar-refractivity contribution in [2.75, 3.05) is 41.4 Å². The topological polar surface area (TPSA) is 192 Å². The standard InChI is InChI=1S/C25H24ClN3O4S.C22H20ClN3O2S.C16H12Cl2N2O2/c1-5-33-25(30)29-23-13-12-21(18-11-10-17(14-16(18)2)34(31,32)28(3)4)27-22(23)15-24(29)19-8-6-7-9-20(19)26;1-14-12-15(29(27,28)26(2)3)8-9-16(14)19-10-11-20-22(24-19)13-21(25-20)17-6-4-5-7-18(17)23;1-2-22-16(21)20-13-7-8-15(18)19-12(13)9-14(20)10-5-3-4-6-11(10)17/h6-15H,5H2,1-4H3;4-13,25H,1-3H3;3-9H,2H2,1H3. The van der Waals surface area contributed by atoms with Gasteiger partial charge in [-0.2, -0.15) is 0 Å². The van der Waals surface area contributed by atoms with E-state index in [9.17, 15) is 26.4 Å². The monoisotopic (exact) mass is 1260 g/mol. The minimum atomic E-state index is -3.54. The number of carbonyl (C=O) groups is 2. The van der Waals surface area contributed by atoms with Crippen LogP contribution in [0.2, 0.25) is 20.2 Å². The number of pyridine rings is 3. The van der Waals surface area contributed by atoms with E-state index in [1.54, 1.807) is 92.7 Å². The summed E-state index contributed by atoms with van der Waals surface area (Å²) in [6.07, 6.45) is -0.993. The van der Waals surface area contributed by atoms with Crippen LogP contribution in [-0.2, 0) is 29.5 Å². The maximum atomic E-state index is 12.8. The second-order valence-corrected chi connectivity index (χ2v) is 25.5. The van der Waals surface area contributed by atoms with E-state index >= 15 is 0 Å². The number of nitrogens with zero attached hydrogens (tertiary/aromatic N) is 7. The summed E-state index contributed by atoms with van der Waals surface area (Å²) in [4.78, 5) is 42.8. The smallest absolute Gasteiger partial charge is 0.419 e. The number of nitrogens with one attached hydrogen (secondary N) is 1. The zero-order valence-electron chi connectivity index (χ0n) is 47.2. The van der Waals surface area contributed by atoms with Gasteiger partial charge in [0.1, 0.15) is 5.15 Å². The number of hydrogen-bond donors (Lipinski definition) is 1. The van der Waals surface area contributed by atoms with E-state index < -0.39 is 32.2 Å². The Morgan fingerprint density at radius 1 is 0.482 bits per heavy atom. The summed E-state index contributed by atoms with van der Waals surface area (Å²) in [7, 11) is -0.962. The van der Waals surface area contributed by atoms with E-state index in [-0.39, 0.29) is 23.0 Å². The molecule has 0 bridgehead atoms. The second kappa shape index (κ2) is 25.7. The van der Waals surface area contributed by atoms with E-state index in [4.69, 9.17) is 65.8 Å². The molecule has 0 fully saturated rings. The van der Waals surface area contributed by atoms with Gasteiger partial charge in [0.15, 0.2) is 0 Å². The highest BCUT2D eigenvalue weighted by Crippen LogP contribution is 2.37. The molecule has 0 aliphatic rings. The number of benzene rings is 5. The van der Waals surface area contributed by atoms with Crippen molar-refractivity contribution < 1.29 is 35.9 Å². The summed E-state index contributed by atoms with van der Waals surface area (Å²) < 4.78 is 65.4. The molecule has 0 unspecified atom stereocenters. The van der Waals surface area contributed by atoms with Crippen LogP contribution in [0.25, 0.3) is 89.4 Å². The Morgan fingerprint density at radius 2 is 0.894 bits per heavy atom. The van der Waals surface area contributed by atoms with Crippen LogP contribution >= 0.6 is 46.4 Å². The van der Waals surface area contributed by atoms with Crippen LogP contribution in [0.5, 0.6) is 0 Å². The second-order valence-electron chi connectivity index (χ2n) is 19.5. The number of sulfonamides is 2. The Balaban J connectivity index is 0.000000156. The quantitative estimate of drug-likeness (QED) is 0.121. The molecule has 0 spiro atoms. The number of hydrogen-bond acceptors (Lipinski definition) is 11. The van der Waals surface area contributed by atoms with Crippen LogP contribution in [-0.4, -0.2) is 108 Å². The zero-order valence-corrected chi connectivity index (χ0v) is 51.9. The van der Waals surface area contributed by atoms with Gasteiger partial charge < -0.3 is 14.5 Å². The molecule has 0 saturated carbocycles. The average Bonchev–Trinajstić information content (AvgIpc) is 2.69. The van der Waals surface area contributed by atoms with Crippen LogP contribution in [0.3, 0.4) is 0 Å². The lowest BCUT2D eigenvalue weighted by atomic mass is 10.1. The van der Waals surface area contributed by atoms with Gasteiger partial charge in [-0.15, -0.1) is 0 Å². The Bertz CT molecular complexity index is 4600. The van der Waals surface area contributed by atoms with Crippen molar-refractivity contribution in [3.05, 3.63) is 195 Å². The Labute approximate surface area is 512 Å². The third kappa shape index (κ3) is 12.9. The first-order valence-electron chi connectivity index (χ1n) is 26.4. The number of fused-ring (bicyclic) bond motifs is 3. The first-order valence-corrected chi connectivity index (χ1v) is 30.8. The van der Waals surface area contributed by atoms with Gasteiger partial charge in [0.25, 0.3) is 0 Å². The SMILES string of the molecule is CCOC(=O)n1c(-c2ccccc2Cl)cc2nc(-c3ccc(S(=O)(=O)N(C)C)cc3C)ccc21.CCOC(=O)n1c(-c2ccccc2Cl)cc2nc(Cl)ccc21.Cc1cc(S(=O)(=O)N(C)C)ccc1-c1ccc2[nH]c(-c3ccccc3Cl)cc2n1. The van der Waals surface area contributed by atoms with E-state index in [1.807, 2.05) is 98.8 Å². The molecule has 0 saturated heterocycles. The fourth-order valence-corrected chi connectivity index (χ4v) is 12.2. The maximum absolute atomic E-state index is 12.8. The zero-order chi connectivity index (χ0) is 61.1. The van der Waals surface area contributed by atoms with Crippen molar-refractivity contribution in [2.24, 2.45) is 0 Å². The van der Waals surface area contributed by atoms with Crippen molar-refractivity contribution in [3.8, 4) is 56.3 Å². The van der Waals surface area contributed by atoms with Crippen molar-refractivity contribution >= 4 is 112 Å². The molecule has 436 valence electrons. The molecule has 0 aliphatic heterocycles. The van der Waals surface area contributed by atoms with Gasteiger partial charge in [0, 0.05) is 76.8 Å². The molecule has 22 heteroatoms. The lowest BCUT2D eigenvalue weighted by Crippen LogP contribution is -2.22. The third-order valence-corrected chi connectivity index (χ3v) is 18.4. The Hall–Kier alpha value is -7.91. The summed E-state index contributed by atoms with van der Waals surface area (Å²) in [5.74, 6) is 0. The Kier molecular flexibility index (Phi) is 18.7. The third-order valence-electron chi connectivity index (χ3n) is 13.6. The number of halogens is 4. The molecule has 0 atom stereocenters. The highest BCUT2D eigenvalue weighted by molar-refractivity contribution is 7.89. The van der Waals surface area contributed by atoms with Gasteiger partial charge >= 0.3 is 12.2 Å². The van der Waals surface area contributed by atoms with Crippen LogP contribution in [0.15, 0.2) is 174 Å². The molecule has 0 radical (unpaired) electrons. The van der Waals surface area contributed by atoms with Crippen molar-refractivity contribution in [1.82, 2.24) is 37.7 Å². The van der Waals surface area contributed by atoms with Gasteiger partial charge in [-0.3, -0.25) is 0 Å². The number of aromatic nitrogens is 6. The van der Waals surface area contributed by atoms with E-state index in [1.165, 1.54) is 45.9 Å². The highest BCUT2D eigenvalue weighted by atomic mass is 35.5. The van der Waals surface area contributed by atoms with Gasteiger partial charge in [0.2, 0.25) is 20.0 Å². The molecule has 6 aromatic heterocycles. The van der Waals surface area contributed by atoms with Gasteiger partial charge in [-0.25, -0.2) is 59.1 Å². The van der Waals surface area contributed by atoms with Crippen molar-refractivity contribution in [1.29, 1.82) is 0 Å². The molecule has 6 heterocycles. The number of aromatic amines is 1. The van der Waals surface area contributed by atoms with Crippen molar-refractivity contribution in [3.63, 3.8) is 0 Å². The van der Waals surface area contributed by atoms with Gasteiger partial charge in [-0.1, -0.05) is 113 Å². The molecule has 0 amide bonds. The van der Waals surface area contributed by atoms with Crippen LogP contribution < -0.4 is 0 Å². The summed E-state index contributed by atoms with van der Waals surface area (Å²) in [5, 5.41) is 2.08. The summed E-state index contributed by atoms with van der Waals surface area (Å²) >= 11 is 24.9. The minimum absolute atomic E-state index is 0.217. The van der Waals surface area contributed by atoms with Gasteiger partial charge in [-0.05, 0) is 136 Å². The number of ether oxygens (including phenoxy) is 2. The van der Waals surface area contributed by atoms with Crippen molar-refractivity contribution in [2.45, 2.75) is 37.5 Å². The van der Waals surface area contributed by atoms with Crippen LogP contribution in [0, 0.1) is 13.8 Å². The predicted octanol–water partition coefficient (Wildman–Crippen LogP) is 15.7. The molecule has 11 rings (SSSR count). The van der Waals surface area contributed by atoms with Gasteiger partial charge in [0.05, 0.1) is 78.9 Å². The predicted molar refractivity (Wildman–Crippen MR) is 339 cm³/mol. The lowest BCUT2D eigenvalue weighted by Gasteiger charge is -2.13. The number of carbonyl (C=O) groups excluding carboxylic acids is 2. The molecule has 0 aliphatic carbocycles. The molecule has 16 nitrogen and oxygen atoms in total. The molecule has 85 heavy (non-hydrogen) atoms. The Morgan fingerprint density at radius 3 is 1.33 bits per heavy atom. The number of aryl methyl sites for hydroxylation is 2. The molecule has 1 N–H and O–H groups in total. The number of rotatable bonds is 11. The largest absolute Gasteiger partial charge is 0.449 e. The van der Waals surface area contributed by atoms with Crippen LogP contribution in [0.4, 0.5) is 9.59 Å². The normalized spacial score (nSPS) is 11.6. The summed E-state index contributed by atoms with van der Waals surface area (Å²) in [6, 6.07) is 48.7. The highest BCUT2D eigenvalue weighted by Gasteiger charge is 2.24. The fourth-order valence-electron chi connectivity index (χ4n) is 9.38. The molecule has 5 aromatic carbocycles. The molecule has 11 aromatic rings. The maximum Gasteiger partial charge on any atom is 0.419 e. The van der Waals surface area contributed by atoms with E-state index in [0.29, 0.717) is 64.9 Å². The molecular weight excluding hydrogens is 1200 g/mol. The summed E-state index contributed by atoms with van der Waals surface area (Å²) in [5.41, 5.74) is 13.3. The first-order chi connectivity index (χ1) is 40.5. The first kappa shape index (κ1) is 61.6. The summed E-state index contributed by atoms with van der Waals surface area (Å²) in [6.45, 7) is 7.75. The number of H-pyrrole nitrogens is 1. The molecular formula is C63H56Cl4N8O8S2. The average molecular weight is 1260 g/mol. The van der Waals surface area contributed by atoms with E-state index in [0.717, 1.165) is 55.8 Å². The van der Waals surface area contributed by atoms with Crippen LogP contribution in [0.1, 0.15) is 25.0 Å². The fraction of sp³-hybridized carbons (Fsp3) is 0.159. The van der Waals surface area contributed by atoms with E-state index in [2.05, 4.69) is 9.97 Å².